The van der Waals surface area contributed by atoms with Crippen LogP contribution < -0.4 is 30.0 Å². The van der Waals surface area contributed by atoms with Crippen LogP contribution in [0.5, 0.6) is 0 Å². The van der Waals surface area contributed by atoms with E-state index in [9.17, 15) is 0 Å². The van der Waals surface area contributed by atoms with E-state index in [-0.39, 0.29) is 35.6 Å². The molecule has 3 aromatic carbocycles. The molecule has 3 aromatic rings. The first-order valence-corrected chi connectivity index (χ1v) is 17.6. The van der Waals surface area contributed by atoms with E-state index in [4.69, 9.17) is 0 Å². The minimum absolute atomic E-state index is 0. The molecule has 0 radical (unpaired) electrons. The number of rotatable bonds is 1. The molecule has 1 aliphatic rings. The summed E-state index contributed by atoms with van der Waals surface area (Å²) in [6.45, 7) is 27.1. The van der Waals surface area contributed by atoms with Crippen LogP contribution in [0.1, 0.15) is 83.2 Å². The molecule has 37 heavy (non-hydrogen) atoms. The van der Waals surface area contributed by atoms with Crippen molar-refractivity contribution in [3.05, 3.63) is 82.4 Å². The SMILES string of the molecule is CC(C)(C)c1[c-]c2c(cc1)-c1ccc(C(C)(C)C)cc1C2.C[C](C)=[Zr+2].Cc1cc([Si](C)(C)C)c[cH-]1.[Cl-].[Cl-]. The first-order chi connectivity index (χ1) is 15.9. The molecule has 0 unspecified atom stereocenters. The molecule has 0 heterocycles. The van der Waals surface area contributed by atoms with E-state index in [1.807, 2.05) is 0 Å². The number of hydrogen-bond acceptors (Lipinski definition) is 0. The molecule has 0 saturated carbocycles. The van der Waals surface area contributed by atoms with Gasteiger partial charge in [0.25, 0.3) is 0 Å². The number of halogens is 2. The fourth-order valence-electron chi connectivity index (χ4n) is 4.06. The third-order valence-electron chi connectivity index (χ3n) is 6.24. The average Bonchev–Trinajstić information content (AvgIpc) is 3.29. The van der Waals surface area contributed by atoms with Crippen molar-refractivity contribution < 1.29 is 49.0 Å². The molecule has 1 aliphatic carbocycles. The van der Waals surface area contributed by atoms with Crippen molar-refractivity contribution in [2.75, 3.05) is 0 Å². The molecule has 202 valence electrons. The van der Waals surface area contributed by atoms with Crippen LogP contribution in [0.2, 0.25) is 19.6 Å². The Morgan fingerprint density at radius 1 is 0.865 bits per heavy atom. The summed E-state index contributed by atoms with van der Waals surface area (Å²) in [6.07, 6.45) is 1.03. The number of hydrogen-bond donors (Lipinski definition) is 0. The zero-order valence-corrected chi connectivity index (χ0v) is 30.1. The summed E-state index contributed by atoms with van der Waals surface area (Å²) in [5.41, 5.74) is 10.1. The van der Waals surface area contributed by atoms with Crippen molar-refractivity contribution in [3.63, 3.8) is 0 Å². The van der Waals surface area contributed by atoms with Crippen LogP contribution in [0.25, 0.3) is 11.1 Å². The summed E-state index contributed by atoms with van der Waals surface area (Å²) in [5.74, 6) is 0. The standard InChI is InChI=1S/C21H25.C9H15Si.C3H6.2ClH.Zr/c1-20(2,3)16-7-9-18-14(12-16)11-15-13-17(21(4,5)6)8-10-19(15)18;1-8-5-6-9(7-8)10(2,3)4;1-3-2;;;/h7-10,12H,11H2,1-6H3;5-7H,1-4H3;1-2H3;2*1H;/q2*-1;;;;+2/p-2. The number of fused-ring (bicyclic) bond motifs is 3. The zero-order chi connectivity index (χ0) is 26.8. The van der Waals surface area contributed by atoms with Crippen molar-refractivity contribution in [1.82, 2.24) is 0 Å². The van der Waals surface area contributed by atoms with Gasteiger partial charge < -0.3 is 24.8 Å². The Kier molecular flexibility index (Phi) is 13.9. The van der Waals surface area contributed by atoms with Gasteiger partial charge in [-0.25, -0.2) is 11.3 Å². The average molecular weight is 633 g/mol. The Hall–Kier alpha value is -0.660. The van der Waals surface area contributed by atoms with E-state index in [2.05, 4.69) is 137 Å². The summed E-state index contributed by atoms with van der Waals surface area (Å²) in [7, 11) is -1.01. The van der Waals surface area contributed by atoms with Crippen LogP contribution in [-0.2, 0) is 41.5 Å². The van der Waals surface area contributed by atoms with E-state index >= 15 is 0 Å². The normalized spacial score (nSPS) is 11.9. The quantitative estimate of drug-likeness (QED) is 0.224. The van der Waals surface area contributed by atoms with Gasteiger partial charge in [0, 0.05) is 8.07 Å². The van der Waals surface area contributed by atoms with Gasteiger partial charge in [-0.1, -0.05) is 91.9 Å². The molecule has 0 aliphatic heterocycles. The molecule has 4 rings (SSSR count). The predicted octanol–water partition coefficient (Wildman–Crippen LogP) is 2.67. The molecule has 4 heteroatoms. The van der Waals surface area contributed by atoms with Crippen molar-refractivity contribution in [2.24, 2.45) is 0 Å². The van der Waals surface area contributed by atoms with Crippen LogP contribution in [0.15, 0.2) is 48.5 Å². The van der Waals surface area contributed by atoms with Gasteiger partial charge in [-0.05, 0) is 28.4 Å². The monoisotopic (exact) mass is 630 g/mol. The van der Waals surface area contributed by atoms with Crippen LogP contribution in [0, 0.1) is 13.0 Å². The topological polar surface area (TPSA) is 0 Å². The van der Waals surface area contributed by atoms with Gasteiger partial charge in [0.2, 0.25) is 0 Å². The van der Waals surface area contributed by atoms with E-state index in [1.165, 1.54) is 42.2 Å². The van der Waals surface area contributed by atoms with Crippen LogP contribution >= 0.6 is 0 Å². The largest absolute Gasteiger partial charge is 1.00 e. The second-order valence-corrected chi connectivity index (χ2v) is 20.8. The van der Waals surface area contributed by atoms with Crippen molar-refractivity contribution in [1.29, 1.82) is 0 Å². The second-order valence-electron chi connectivity index (χ2n) is 13.2. The van der Waals surface area contributed by atoms with E-state index in [0.717, 1.165) is 6.42 Å². The van der Waals surface area contributed by atoms with Crippen molar-refractivity contribution in [2.45, 2.75) is 99.2 Å². The Morgan fingerprint density at radius 2 is 1.41 bits per heavy atom. The molecule has 0 spiro atoms. The summed E-state index contributed by atoms with van der Waals surface area (Å²) in [6, 6.07) is 21.9. The predicted molar refractivity (Wildman–Crippen MR) is 157 cm³/mol. The molecule has 0 saturated heterocycles. The number of aryl methyl sites for hydroxylation is 1. The zero-order valence-electron chi connectivity index (χ0n) is 25.1. The van der Waals surface area contributed by atoms with E-state index in [0.29, 0.717) is 0 Å². The molecule has 0 aromatic heterocycles. The minimum Gasteiger partial charge on any atom is -1.00 e. The van der Waals surface area contributed by atoms with Gasteiger partial charge in [-0.2, -0.15) is 41.5 Å². The van der Waals surface area contributed by atoms with Crippen LogP contribution in [0.3, 0.4) is 0 Å². The Morgan fingerprint density at radius 3 is 1.81 bits per heavy atom. The fraction of sp³-hybridized carbons (Fsp3) is 0.455. The third-order valence-corrected chi connectivity index (χ3v) is 8.28. The third kappa shape index (κ3) is 10.8. The molecule has 0 N–H and O–H groups in total. The Bertz CT molecular complexity index is 1100. The molecule has 0 amide bonds. The first kappa shape index (κ1) is 36.3. The maximum Gasteiger partial charge on any atom is 0.00393 e. The van der Waals surface area contributed by atoms with E-state index in [1.54, 1.807) is 29.4 Å². The molecular weight excluding hydrogens is 587 g/mol. The van der Waals surface area contributed by atoms with Crippen molar-refractivity contribution >= 4 is 16.5 Å². The minimum atomic E-state index is -1.01. The van der Waals surface area contributed by atoms with Gasteiger partial charge in [0.1, 0.15) is 0 Å². The van der Waals surface area contributed by atoms with Gasteiger partial charge in [0.15, 0.2) is 0 Å². The van der Waals surface area contributed by atoms with Gasteiger partial charge in [-0.15, -0.1) is 11.1 Å². The molecule has 0 atom stereocenters. The maximum absolute atomic E-state index is 3.67. The number of benzene rings is 2. The Labute approximate surface area is 256 Å². The van der Waals surface area contributed by atoms with Gasteiger partial charge in [0.05, 0.1) is 0 Å². The second kappa shape index (κ2) is 14.1. The van der Waals surface area contributed by atoms with Crippen LogP contribution in [-0.4, -0.2) is 11.3 Å². The first-order valence-electron chi connectivity index (χ1n) is 12.8. The maximum atomic E-state index is 3.67. The smallest absolute Gasteiger partial charge is 0.00393 e. The van der Waals surface area contributed by atoms with Crippen molar-refractivity contribution in [3.8, 4) is 11.1 Å². The van der Waals surface area contributed by atoms with Gasteiger partial charge >= 0.3 is 41.3 Å². The summed E-state index contributed by atoms with van der Waals surface area (Å²) < 4.78 is 1.51. The summed E-state index contributed by atoms with van der Waals surface area (Å²) >= 11 is 1.55. The summed E-state index contributed by atoms with van der Waals surface area (Å²) in [4.78, 5) is 0. The van der Waals surface area contributed by atoms with Gasteiger partial charge in [-0.3, -0.25) is 0 Å². The Balaban J connectivity index is 0.000000684. The molecular formula is C33H46Cl2SiZr-2. The molecule has 0 bridgehead atoms. The summed E-state index contributed by atoms with van der Waals surface area (Å²) in [5, 5.41) is 1.57. The molecule has 0 nitrogen and oxygen atoms in total. The van der Waals surface area contributed by atoms with Crippen LogP contribution in [0.4, 0.5) is 0 Å². The molecule has 0 fully saturated rings. The van der Waals surface area contributed by atoms with E-state index < -0.39 is 8.07 Å². The fourth-order valence-corrected chi connectivity index (χ4v) is 5.30.